The second-order valence-electron chi connectivity index (χ2n) is 6.50. The second-order valence-corrected chi connectivity index (χ2v) is 6.50. The molecule has 0 fully saturated rings. The Balaban J connectivity index is 1.98. The van der Waals surface area contributed by atoms with E-state index in [2.05, 4.69) is 0 Å². The fourth-order valence-electron chi connectivity index (χ4n) is 3.38. The monoisotopic (exact) mass is 362 g/mol. The molecule has 3 heteroatoms. The number of hydrogen-bond acceptors (Lipinski definition) is 2. The van der Waals surface area contributed by atoms with Crippen molar-refractivity contribution in [2.45, 2.75) is 25.8 Å². The van der Waals surface area contributed by atoms with Gasteiger partial charge in [-0.25, -0.2) is 0 Å². The zero-order valence-electron chi connectivity index (χ0n) is 19.9. The Morgan fingerprint density at radius 1 is 0.926 bits per heavy atom. The summed E-state index contributed by atoms with van der Waals surface area (Å²) in [6.45, 7) is 0.380. The highest BCUT2D eigenvalue weighted by Gasteiger charge is 2.18. The van der Waals surface area contributed by atoms with Gasteiger partial charge < -0.3 is 9.67 Å². The smallest absolute Gasteiger partial charge is 0.195 e. The lowest BCUT2D eigenvalue weighted by molar-refractivity contribution is 0.104. The van der Waals surface area contributed by atoms with E-state index in [9.17, 15) is 4.79 Å². The van der Waals surface area contributed by atoms with Crippen molar-refractivity contribution in [3.63, 3.8) is 0 Å². The molecule has 0 aliphatic carbocycles. The van der Waals surface area contributed by atoms with E-state index in [0.717, 1.165) is 10.8 Å². The Hall–Kier alpha value is -2.91. The van der Waals surface area contributed by atoms with Crippen molar-refractivity contribution in [3.8, 4) is 0 Å². The summed E-state index contributed by atoms with van der Waals surface area (Å²) in [5, 5.41) is 10.7. The summed E-state index contributed by atoms with van der Waals surface area (Å²) in [6.07, 6.45) is 1.80. The van der Waals surface area contributed by atoms with E-state index in [-0.39, 0.29) is 47.4 Å². The van der Waals surface area contributed by atoms with Crippen LogP contribution in [0.1, 0.15) is 42.0 Å². The van der Waals surface area contributed by atoms with Crippen LogP contribution in [-0.4, -0.2) is 22.1 Å². The number of carbonyl (C=O) groups is 1. The van der Waals surface area contributed by atoms with Crippen LogP contribution in [0.15, 0.2) is 72.8 Å². The predicted octanol–water partition coefficient (Wildman–Crippen LogP) is 5.19. The number of rotatable bonds is 7. The molecule has 0 radical (unpaired) electrons. The Morgan fingerprint density at radius 2 is 1.74 bits per heavy atom. The Labute approximate surface area is 165 Å². The minimum absolute atomic E-state index is 0.00879. The van der Waals surface area contributed by atoms with Crippen molar-refractivity contribution in [2.24, 2.45) is 0 Å². The van der Waals surface area contributed by atoms with Crippen LogP contribution < -0.4 is 0 Å². The minimum Gasteiger partial charge on any atom is -0.396 e. The molecule has 0 saturated heterocycles. The van der Waals surface area contributed by atoms with Gasteiger partial charge in [0, 0.05) is 41.4 Å². The molecule has 0 saturated carbocycles. The van der Waals surface area contributed by atoms with Gasteiger partial charge in [-0.3, -0.25) is 4.79 Å². The standard InChI is InChI=1S/C24H23NO2/c26-16-7-1-6-15-25-17-22(20-12-4-5-14-23(20)25)24(27)21-13-8-10-18-9-2-3-11-19(18)21/h2-5,8-14,17,26H,1,6-7,15-16H2/i4D,5D,12D,14D,17D. The summed E-state index contributed by atoms with van der Waals surface area (Å²) in [6, 6.07) is 11.4. The molecule has 0 bridgehead atoms. The van der Waals surface area contributed by atoms with E-state index in [1.54, 1.807) is 12.1 Å². The van der Waals surface area contributed by atoms with Gasteiger partial charge in [0.25, 0.3) is 0 Å². The molecule has 0 unspecified atom stereocenters. The van der Waals surface area contributed by atoms with Gasteiger partial charge >= 0.3 is 0 Å². The van der Waals surface area contributed by atoms with E-state index in [1.165, 1.54) is 4.57 Å². The zero-order valence-corrected chi connectivity index (χ0v) is 14.9. The molecule has 0 spiro atoms. The number of aromatic nitrogens is 1. The van der Waals surface area contributed by atoms with Crippen molar-refractivity contribution >= 4 is 27.5 Å². The lowest BCUT2D eigenvalue weighted by atomic mass is 9.97. The van der Waals surface area contributed by atoms with Gasteiger partial charge in [0.1, 0.15) is 0 Å². The number of ketones is 1. The first kappa shape index (κ1) is 12.5. The van der Waals surface area contributed by atoms with Gasteiger partial charge in [-0.05, 0) is 36.1 Å². The maximum atomic E-state index is 13.7. The minimum atomic E-state index is -0.434. The highest BCUT2D eigenvalue weighted by Crippen LogP contribution is 2.27. The summed E-state index contributed by atoms with van der Waals surface area (Å²) in [5.74, 6) is -0.434. The normalized spacial score (nSPS) is 13.9. The summed E-state index contributed by atoms with van der Waals surface area (Å²) >= 11 is 0. The molecule has 0 atom stereocenters. The fraction of sp³-hybridized carbons (Fsp3) is 0.208. The zero-order chi connectivity index (χ0) is 23.0. The second kappa shape index (κ2) is 7.77. The van der Waals surface area contributed by atoms with Crippen molar-refractivity contribution in [1.29, 1.82) is 0 Å². The number of para-hydroxylation sites is 1. The van der Waals surface area contributed by atoms with E-state index in [0.29, 0.717) is 31.4 Å². The van der Waals surface area contributed by atoms with E-state index >= 15 is 0 Å². The molecule has 1 heterocycles. The molecule has 4 aromatic rings. The van der Waals surface area contributed by atoms with Crippen LogP contribution in [-0.2, 0) is 6.54 Å². The van der Waals surface area contributed by atoms with Crippen molar-refractivity contribution < 1.29 is 16.8 Å². The molecule has 27 heavy (non-hydrogen) atoms. The number of nitrogens with zero attached hydrogens (tertiary/aromatic N) is 1. The largest absolute Gasteiger partial charge is 0.396 e. The SMILES string of the molecule is [2H]c1c([2H])c([2H])c2c(c1[2H])c(C(=O)c1cccc3ccccc13)c([2H])n2CCCCCO. The molecule has 136 valence electrons. The molecule has 1 N–H and O–H groups in total. The van der Waals surface area contributed by atoms with Crippen LogP contribution in [0.4, 0.5) is 0 Å². The summed E-state index contributed by atoms with van der Waals surface area (Å²) < 4.78 is 43.4. The Morgan fingerprint density at radius 3 is 2.63 bits per heavy atom. The first-order chi connectivity index (χ1) is 15.4. The van der Waals surface area contributed by atoms with E-state index in [1.807, 2.05) is 30.3 Å². The number of fused-ring (bicyclic) bond motifs is 2. The number of carbonyl (C=O) groups excluding carboxylic acids is 1. The average molecular weight is 362 g/mol. The molecular formula is C24H23NO2. The topological polar surface area (TPSA) is 42.2 Å². The highest BCUT2D eigenvalue weighted by molar-refractivity contribution is 6.21. The van der Waals surface area contributed by atoms with Crippen LogP contribution in [0.25, 0.3) is 21.7 Å². The van der Waals surface area contributed by atoms with Gasteiger partial charge in [-0.1, -0.05) is 60.6 Å². The summed E-state index contributed by atoms with van der Waals surface area (Å²) in [4.78, 5) is 13.7. The Kier molecular flexibility index (Phi) is 3.59. The van der Waals surface area contributed by atoms with E-state index in [4.69, 9.17) is 12.0 Å². The van der Waals surface area contributed by atoms with Gasteiger partial charge in [0.15, 0.2) is 5.78 Å². The summed E-state index contributed by atoms with van der Waals surface area (Å²) in [7, 11) is 0. The van der Waals surface area contributed by atoms with Gasteiger partial charge in [0.05, 0.1) is 6.85 Å². The van der Waals surface area contributed by atoms with E-state index < -0.39 is 11.8 Å². The number of hydrogen-bond donors (Lipinski definition) is 1. The molecule has 0 aliphatic rings. The molecular weight excluding hydrogens is 334 g/mol. The lowest BCUT2D eigenvalue weighted by Crippen LogP contribution is -2.02. The number of aryl methyl sites for hydroxylation is 1. The van der Waals surface area contributed by atoms with Gasteiger partial charge in [-0.2, -0.15) is 0 Å². The molecule has 4 rings (SSSR count). The van der Waals surface area contributed by atoms with Crippen LogP contribution in [0.5, 0.6) is 0 Å². The number of aliphatic hydroxyl groups excluding tert-OH is 1. The molecule has 0 amide bonds. The van der Waals surface area contributed by atoms with Crippen molar-refractivity contribution in [2.75, 3.05) is 6.61 Å². The number of benzene rings is 3. The first-order valence-electron chi connectivity index (χ1n) is 11.6. The van der Waals surface area contributed by atoms with Crippen LogP contribution in [0, 0.1) is 0 Å². The highest BCUT2D eigenvalue weighted by atomic mass is 16.2. The van der Waals surface area contributed by atoms with Crippen molar-refractivity contribution in [1.82, 2.24) is 4.57 Å². The van der Waals surface area contributed by atoms with Crippen LogP contribution >= 0.6 is 0 Å². The number of aliphatic hydroxyl groups is 1. The third-order valence-corrected chi connectivity index (χ3v) is 4.74. The molecule has 3 nitrogen and oxygen atoms in total. The molecule has 0 aliphatic heterocycles. The predicted molar refractivity (Wildman–Crippen MR) is 110 cm³/mol. The van der Waals surface area contributed by atoms with Crippen molar-refractivity contribution in [3.05, 3.63) is 83.9 Å². The maximum Gasteiger partial charge on any atom is 0.195 e. The average Bonchev–Trinajstić information content (AvgIpc) is 3.10. The summed E-state index contributed by atoms with van der Waals surface area (Å²) in [5.41, 5.74) is 0.558. The quantitative estimate of drug-likeness (QED) is 0.363. The van der Waals surface area contributed by atoms with Gasteiger partial charge in [-0.15, -0.1) is 0 Å². The first-order valence-corrected chi connectivity index (χ1v) is 9.11. The fourth-order valence-corrected chi connectivity index (χ4v) is 3.38. The van der Waals surface area contributed by atoms with Crippen LogP contribution in [0.2, 0.25) is 0 Å². The molecule has 3 aromatic carbocycles. The lowest BCUT2D eigenvalue weighted by Gasteiger charge is -2.05. The third-order valence-electron chi connectivity index (χ3n) is 4.74. The van der Waals surface area contributed by atoms with Crippen LogP contribution in [0.3, 0.4) is 0 Å². The van der Waals surface area contributed by atoms with Gasteiger partial charge in [0.2, 0.25) is 0 Å². The maximum absolute atomic E-state index is 13.7. The Bertz CT molecular complexity index is 1340. The number of unbranched alkanes of at least 4 members (excludes halogenated alkanes) is 2. The third kappa shape index (κ3) is 3.38. The molecule has 1 aromatic heterocycles.